The largest absolute Gasteiger partial charge is 0.480 e. The number of carbonyl (C=O) groups is 11. The lowest BCUT2D eigenvalue weighted by Gasteiger charge is -2.32. The summed E-state index contributed by atoms with van der Waals surface area (Å²) in [5, 5.41) is 60.6. The highest BCUT2D eigenvalue weighted by Gasteiger charge is 2.23. The first-order valence-corrected chi connectivity index (χ1v) is 22.5. The van der Waals surface area contributed by atoms with Gasteiger partial charge in [-0.25, -0.2) is 0 Å². The zero-order chi connectivity index (χ0) is 53.2. The highest BCUT2D eigenvalue weighted by Crippen LogP contribution is 2.03. The quantitative estimate of drug-likeness (QED) is 0.0197. The molecule has 0 aromatic carbocycles. The zero-order valence-corrected chi connectivity index (χ0v) is 41.1. The molecule has 0 aromatic rings. The molecule has 1 rings (SSSR count). The van der Waals surface area contributed by atoms with E-state index in [0.717, 1.165) is 7.11 Å². The number of amides is 6. The Hall–Kier alpha value is -5.40. The predicted molar refractivity (Wildman–Crippen MR) is 253 cm³/mol. The van der Waals surface area contributed by atoms with E-state index in [1.807, 2.05) is 13.8 Å². The highest BCUT2D eigenvalue weighted by molar-refractivity contribution is 7.78. The predicted octanol–water partition coefficient (Wildman–Crippen LogP) is -6.88. The molecule has 0 aromatic heterocycles. The summed E-state index contributed by atoms with van der Waals surface area (Å²) in [5.41, 5.74) is 0. The van der Waals surface area contributed by atoms with Gasteiger partial charge in [0.1, 0.15) is 18.1 Å². The number of aliphatic carboxylic acids is 3. The Morgan fingerprint density at radius 2 is 0.971 bits per heavy atom. The van der Waals surface area contributed by atoms with Crippen molar-refractivity contribution >= 4 is 78.2 Å². The average Bonchev–Trinajstić information content (AvgIpc) is 3.30. The Morgan fingerprint density at radius 1 is 0.565 bits per heavy atom. The van der Waals surface area contributed by atoms with Gasteiger partial charge in [0, 0.05) is 66.0 Å². The first-order valence-electron chi connectivity index (χ1n) is 22.1. The van der Waals surface area contributed by atoms with E-state index in [1.54, 1.807) is 26.6 Å². The van der Waals surface area contributed by atoms with Crippen LogP contribution < -0.4 is 41.9 Å². The van der Waals surface area contributed by atoms with E-state index in [2.05, 4.69) is 54.8 Å². The van der Waals surface area contributed by atoms with Gasteiger partial charge in [0.25, 0.3) is 0 Å². The van der Waals surface area contributed by atoms with Crippen molar-refractivity contribution in [1.29, 1.82) is 0 Å². The first kappa shape index (κ1) is 67.9. The van der Waals surface area contributed by atoms with Crippen molar-refractivity contribution < 1.29 is 78.3 Å². The number of carbonyl (C=O) groups excluding carboxylic acids is 8. The number of Topliss-reactive ketones (excluding diaryl/α,β-unsaturated/α-hetero) is 1. The third-order valence-electron chi connectivity index (χ3n) is 9.13. The van der Waals surface area contributed by atoms with Gasteiger partial charge in [-0.05, 0) is 33.2 Å². The number of nitrogens with zero attached hydrogens (tertiary/aromatic N) is 4. The molecule has 0 aliphatic carbocycles. The standard InChI is InChI=1S/C19H35N7O7S.C18H31N5O8.C2H6.CH4O/c1-12(28)13(26-34)5-3-4-6-21-16(30)8-22-17(31)9-24-19(33)14(11-27)25-18(32)10-23-15(29)7-20-2;24-10-1-19-15(25)11-20-2-4-21(12-16(26)27)6-8-23(14-18(30)31)9-7-22(5-3-20)13-17(28)29;2*1-2/h13-14,20,26-27,34H,3-11H2,1-2H3,(H,21,30)(H,22,31)(H,23,29)(H,24,33)(H,25,32);10H,1-9,11-14H2,(H,19,25)(H,26,27)(H,28,29)(H,30,31);1-2H3;2H,1H3. The zero-order valence-electron chi connectivity index (χ0n) is 40.3. The lowest BCUT2D eigenvalue weighted by Crippen LogP contribution is -2.53. The molecule has 2 unspecified atom stereocenters. The molecule has 28 nitrogen and oxygen atoms in total. The number of ketones is 1. The average molecular weight is 1010 g/mol. The molecule has 1 saturated heterocycles. The number of hydrogen-bond donors (Lipinski definition) is 14. The van der Waals surface area contributed by atoms with Gasteiger partial charge in [-0.3, -0.25) is 72.3 Å². The number of aliphatic hydroxyl groups excluding tert-OH is 2. The molecular weight excluding hydrogens is 937 g/mol. The molecule has 1 aliphatic heterocycles. The van der Waals surface area contributed by atoms with Crippen LogP contribution >= 0.6 is 12.8 Å². The topological polar surface area (TPSA) is 398 Å². The third kappa shape index (κ3) is 39.2. The number of rotatable bonds is 28. The molecule has 1 heterocycles. The molecule has 69 heavy (non-hydrogen) atoms. The van der Waals surface area contributed by atoms with E-state index in [1.165, 1.54) is 6.92 Å². The van der Waals surface area contributed by atoms with Crippen LogP contribution in [0.2, 0.25) is 0 Å². The van der Waals surface area contributed by atoms with Gasteiger partial charge in [-0.15, -0.1) is 0 Å². The number of nitrogens with one attached hydrogen (secondary N) is 8. The van der Waals surface area contributed by atoms with Gasteiger partial charge in [-0.2, -0.15) is 0 Å². The van der Waals surface area contributed by atoms with Crippen molar-refractivity contribution in [3.8, 4) is 0 Å². The minimum atomic E-state index is -1.31. The Kier molecular flexibility index (Phi) is 43.1. The van der Waals surface area contributed by atoms with Crippen LogP contribution in [0.15, 0.2) is 0 Å². The normalized spacial score (nSPS) is 14.4. The summed E-state index contributed by atoms with van der Waals surface area (Å²) < 4.78 is 2.62. The Labute approximate surface area is 407 Å². The van der Waals surface area contributed by atoms with Gasteiger partial charge in [0.15, 0.2) is 0 Å². The second-order valence-corrected chi connectivity index (χ2v) is 14.8. The molecule has 0 bridgehead atoms. The first-order chi connectivity index (χ1) is 32.8. The molecule has 1 aliphatic rings. The molecule has 2 atom stereocenters. The molecule has 0 saturated carbocycles. The van der Waals surface area contributed by atoms with Crippen LogP contribution in [-0.2, 0) is 52.7 Å². The van der Waals surface area contributed by atoms with Gasteiger partial charge >= 0.3 is 17.9 Å². The number of aldehydes is 1. The van der Waals surface area contributed by atoms with Crippen molar-refractivity contribution in [3.63, 3.8) is 0 Å². The Morgan fingerprint density at radius 3 is 1.36 bits per heavy atom. The smallest absolute Gasteiger partial charge is 0.317 e. The third-order valence-corrected chi connectivity index (χ3v) is 9.44. The Bertz CT molecular complexity index is 1540. The van der Waals surface area contributed by atoms with E-state index in [4.69, 9.17) is 10.2 Å². The fourth-order valence-electron chi connectivity index (χ4n) is 5.70. The van der Waals surface area contributed by atoms with E-state index in [9.17, 15) is 68.1 Å². The summed E-state index contributed by atoms with van der Waals surface area (Å²) in [6, 6.07) is -1.65. The van der Waals surface area contributed by atoms with E-state index in [0.29, 0.717) is 84.5 Å². The van der Waals surface area contributed by atoms with E-state index < -0.39 is 66.6 Å². The van der Waals surface area contributed by atoms with E-state index >= 15 is 0 Å². The second kappa shape index (κ2) is 43.9. The van der Waals surface area contributed by atoms with Crippen LogP contribution in [0.1, 0.15) is 40.0 Å². The van der Waals surface area contributed by atoms with Crippen molar-refractivity contribution in [2.75, 3.05) is 139 Å². The molecule has 0 spiro atoms. The number of unbranched alkanes of at least 4 members (excludes halogenated alkanes) is 1. The lowest BCUT2D eigenvalue weighted by atomic mass is 10.1. The fourth-order valence-corrected chi connectivity index (χ4v) is 6.01. The van der Waals surface area contributed by atoms with Gasteiger partial charge in [-0.1, -0.05) is 26.7 Å². The molecule has 6 amide bonds. The number of aliphatic hydroxyl groups is 2. The van der Waals surface area contributed by atoms with Crippen LogP contribution in [0.25, 0.3) is 0 Å². The SMILES string of the molecule is CC.CNCC(=O)NCC(=O)NC(CO)C(=O)NCC(=O)NCC(=O)NCCCCC(NS)C(C)=O.CO.O=CCNC(=O)CN1CCN(CC(=O)O)CCN(CC(=O)O)CCN(CC(=O)O)CC1. The number of thiol groups is 1. The van der Waals surface area contributed by atoms with Crippen LogP contribution in [0.3, 0.4) is 0 Å². The van der Waals surface area contributed by atoms with Gasteiger partial charge < -0.3 is 67.5 Å². The monoisotopic (exact) mass is 1010 g/mol. The highest BCUT2D eigenvalue weighted by atomic mass is 32.1. The van der Waals surface area contributed by atoms with E-state index in [-0.39, 0.29) is 70.1 Å². The lowest BCUT2D eigenvalue weighted by molar-refractivity contribution is -0.140. The maximum absolute atomic E-state index is 12.0. The molecule has 0 radical (unpaired) electrons. The van der Waals surface area contributed by atoms with Crippen LogP contribution in [0, 0.1) is 0 Å². The molecule has 1 fully saturated rings. The minimum absolute atomic E-state index is 0.0131. The van der Waals surface area contributed by atoms with Crippen LogP contribution in [-0.4, -0.2) is 261 Å². The summed E-state index contributed by atoms with van der Waals surface area (Å²) >= 11 is 3.89. The summed E-state index contributed by atoms with van der Waals surface area (Å²) in [5.74, 6) is -6.41. The van der Waals surface area contributed by atoms with Gasteiger partial charge in [0.2, 0.25) is 35.4 Å². The van der Waals surface area contributed by atoms with Gasteiger partial charge in [0.05, 0.1) is 71.6 Å². The number of carboxylic acid groups (broad SMARTS) is 3. The van der Waals surface area contributed by atoms with Crippen molar-refractivity contribution in [2.24, 2.45) is 0 Å². The maximum Gasteiger partial charge on any atom is 0.317 e. The second-order valence-electron chi connectivity index (χ2n) is 14.5. The minimum Gasteiger partial charge on any atom is -0.480 e. The molecular formula is C40H76N12O16S. The summed E-state index contributed by atoms with van der Waals surface area (Å²) in [7, 11) is 2.56. The summed E-state index contributed by atoms with van der Waals surface area (Å²) in [4.78, 5) is 133. The van der Waals surface area contributed by atoms with Crippen LogP contribution in [0.5, 0.6) is 0 Å². The number of hydrogen-bond acceptors (Lipinski definition) is 20. The molecule has 13 N–H and O–H groups in total. The van der Waals surface area contributed by atoms with Crippen molar-refractivity contribution in [3.05, 3.63) is 0 Å². The maximum atomic E-state index is 12.0. The number of carboxylic acids is 3. The Balaban J connectivity index is -0.00000118. The van der Waals surface area contributed by atoms with Crippen molar-refractivity contribution in [1.82, 2.24) is 61.5 Å². The fraction of sp³-hybridized carbons (Fsp3) is 0.725. The van der Waals surface area contributed by atoms with Crippen molar-refractivity contribution in [2.45, 2.75) is 52.1 Å². The summed E-state index contributed by atoms with van der Waals surface area (Å²) in [6.45, 7) is 5.76. The number of likely N-dealkylation sites (N-methyl/N-ethyl adjacent to an activating group) is 1. The molecule has 29 heteroatoms. The summed E-state index contributed by atoms with van der Waals surface area (Å²) in [6.07, 6.45) is 2.50. The molecule has 398 valence electrons. The van der Waals surface area contributed by atoms with Crippen LogP contribution in [0.4, 0.5) is 0 Å².